The third-order valence-corrected chi connectivity index (χ3v) is 6.76. The van der Waals surface area contributed by atoms with E-state index in [4.69, 9.17) is 23.2 Å². The van der Waals surface area contributed by atoms with Gasteiger partial charge in [0.05, 0.1) is 21.2 Å². The molecule has 0 unspecified atom stereocenters. The van der Waals surface area contributed by atoms with Gasteiger partial charge in [0, 0.05) is 37.4 Å². The van der Waals surface area contributed by atoms with Crippen LogP contribution in [0.25, 0.3) is 0 Å². The Kier molecular flexibility index (Phi) is 7.28. The second kappa shape index (κ2) is 9.77. The first-order valence-corrected chi connectivity index (χ1v) is 11.8. The van der Waals surface area contributed by atoms with Crippen LogP contribution in [0.3, 0.4) is 0 Å². The first-order chi connectivity index (χ1) is 15.1. The minimum Gasteiger partial charge on any atom is -0.362 e. The molecule has 10 heteroatoms. The van der Waals surface area contributed by atoms with Crippen molar-refractivity contribution in [2.24, 2.45) is 0 Å². The second-order valence-corrected chi connectivity index (χ2v) is 9.77. The van der Waals surface area contributed by atoms with Gasteiger partial charge in [-0.3, -0.25) is 9.52 Å². The highest BCUT2D eigenvalue weighted by atomic mass is 35.5. The van der Waals surface area contributed by atoms with E-state index in [9.17, 15) is 13.2 Å². The quantitative estimate of drug-likeness (QED) is 0.506. The number of nitrogens with one attached hydrogen (secondary N) is 2. The van der Waals surface area contributed by atoms with Crippen LogP contribution >= 0.6 is 23.2 Å². The van der Waals surface area contributed by atoms with Crippen molar-refractivity contribution < 1.29 is 13.2 Å². The number of pyridine rings is 1. The normalized spacial score (nSPS) is 11.2. The summed E-state index contributed by atoms with van der Waals surface area (Å²) in [5.74, 6) is 0.218. The molecule has 0 saturated heterocycles. The van der Waals surface area contributed by atoms with Crippen molar-refractivity contribution in [3.05, 3.63) is 81.5 Å². The Morgan fingerprint density at radius 2 is 1.81 bits per heavy atom. The van der Waals surface area contributed by atoms with Crippen molar-refractivity contribution in [1.82, 2.24) is 10.3 Å². The summed E-state index contributed by atoms with van der Waals surface area (Å²) in [6.07, 6.45) is 1.67. The molecule has 1 amide bonds. The maximum Gasteiger partial charge on any atom is 0.261 e. The van der Waals surface area contributed by atoms with Crippen LogP contribution in [-0.2, 0) is 16.6 Å². The molecule has 0 saturated carbocycles. The molecule has 3 aromatic rings. The average Bonchev–Trinajstić information content (AvgIpc) is 2.74. The van der Waals surface area contributed by atoms with Crippen LogP contribution in [-0.4, -0.2) is 33.4 Å². The van der Waals surface area contributed by atoms with Gasteiger partial charge in [0.2, 0.25) is 0 Å². The van der Waals surface area contributed by atoms with E-state index in [1.807, 2.05) is 32.0 Å². The van der Waals surface area contributed by atoms with Crippen molar-refractivity contribution >= 4 is 50.6 Å². The monoisotopic (exact) mass is 492 g/mol. The fourth-order valence-electron chi connectivity index (χ4n) is 2.96. The third kappa shape index (κ3) is 5.51. The van der Waals surface area contributed by atoms with Gasteiger partial charge in [0.25, 0.3) is 15.9 Å². The molecule has 0 aliphatic heterocycles. The van der Waals surface area contributed by atoms with Crippen molar-refractivity contribution in [2.45, 2.75) is 18.4 Å². The van der Waals surface area contributed by atoms with Gasteiger partial charge in [0.15, 0.2) is 0 Å². The number of hydrogen-bond acceptors (Lipinski definition) is 5. The molecule has 0 aliphatic rings. The van der Waals surface area contributed by atoms with Gasteiger partial charge in [0.1, 0.15) is 5.82 Å². The van der Waals surface area contributed by atoms with Crippen LogP contribution < -0.4 is 14.9 Å². The molecule has 32 heavy (non-hydrogen) atoms. The Balaban J connectivity index is 1.81. The largest absolute Gasteiger partial charge is 0.362 e. The number of sulfonamides is 1. The minimum absolute atomic E-state index is 0.0479. The fraction of sp³-hybridized carbons (Fsp3) is 0.182. The van der Waals surface area contributed by atoms with E-state index in [2.05, 4.69) is 15.0 Å². The van der Waals surface area contributed by atoms with E-state index in [1.54, 1.807) is 24.4 Å². The molecule has 2 aromatic carbocycles. The predicted molar refractivity (Wildman–Crippen MR) is 128 cm³/mol. The number of amides is 1. The van der Waals surface area contributed by atoms with Gasteiger partial charge >= 0.3 is 0 Å². The number of benzene rings is 2. The van der Waals surface area contributed by atoms with E-state index < -0.39 is 15.9 Å². The summed E-state index contributed by atoms with van der Waals surface area (Å²) in [4.78, 5) is 18.8. The number of nitrogens with zero attached hydrogens (tertiary/aromatic N) is 2. The summed E-state index contributed by atoms with van der Waals surface area (Å²) in [6.45, 7) is 2.02. The Labute approximate surface area is 197 Å². The molecule has 0 bridgehead atoms. The highest BCUT2D eigenvalue weighted by Gasteiger charge is 2.20. The van der Waals surface area contributed by atoms with Gasteiger partial charge in [-0.15, -0.1) is 0 Å². The van der Waals surface area contributed by atoms with Crippen molar-refractivity contribution in [3.63, 3.8) is 0 Å². The second-order valence-electron chi connectivity index (χ2n) is 7.27. The predicted octanol–water partition coefficient (Wildman–Crippen LogP) is 4.49. The van der Waals surface area contributed by atoms with Crippen LogP contribution in [0.15, 0.2) is 59.6 Å². The molecule has 1 aromatic heterocycles. The zero-order valence-corrected chi connectivity index (χ0v) is 20.0. The number of carbonyl (C=O) groups is 1. The molecular formula is C22H22Cl2N4O3S. The number of halogens is 2. The molecule has 3 rings (SSSR count). The minimum atomic E-state index is -3.96. The molecule has 168 valence electrons. The lowest BCUT2D eigenvalue weighted by atomic mass is 10.2. The number of rotatable bonds is 7. The van der Waals surface area contributed by atoms with E-state index >= 15 is 0 Å². The van der Waals surface area contributed by atoms with Gasteiger partial charge < -0.3 is 10.2 Å². The number of hydrogen-bond donors (Lipinski definition) is 2. The highest BCUT2D eigenvalue weighted by Crippen LogP contribution is 2.25. The molecule has 1 heterocycles. The summed E-state index contributed by atoms with van der Waals surface area (Å²) in [6, 6.07) is 12.4. The Morgan fingerprint density at radius 3 is 2.50 bits per heavy atom. The van der Waals surface area contributed by atoms with Gasteiger partial charge in [-0.1, -0.05) is 35.3 Å². The number of carbonyl (C=O) groups excluding carboxylic acids is 1. The first-order valence-electron chi connectivity index (χ1n) is 9.56. The van der Waals surface area contributed by atoms with E-state index in [0.29, 0.717) is 10.7 Å². The maximum atomic E-state index is 12.8. The van der Waals surface area contributed by atoms with Crippen LogP contribution in [0.4, 0.5) is 11.5 Å². The standard InChI is InChI=1S/C22H22Cl2N4O3S/c1-14-6-7-16(11-20(14)24)27-32(30,31)17-8-9-19(23)18(12-17)22(29)26-13-15-5-4-10-25-21(15)28(2)3/h4-12,27H,13H2,1-3H3,(H,26,29). The lowest BCUT2D eigenvalue weighted by molar-refractivity contribution is 0.0951. The molecule has 0 aliphatic carbocycles. The Morgan fingerprint density at radius 1 is 1.06 bits per heavy atom. The highest BCUT2D eigenvalue weighted by molar-refractivity contribution is 7.92. The van der Waals surface area contributed by atoms with Crippen LogP contribution in [0, 0.1) is 6.92 Å². The summed E-state index contributed by atoms with van der Waals surface area (Å²) in [5, 5.41) is 3.35. The lowest BCUT2D eigenvalue weighted by Gasteiger charge is -2.16. The molecule has 0 atom stereocenters. The summed E-state index contributed by atoms with van der Waals surface area (Å²) >= 11 is 12.3. The zero-order valence-electron chi connectivity index (χ0n) is 17.7. The van der Waals surface area contributed by atoms with Gasteiger partial charge in [-0.2, -0.15) is 0 Å². The van der Waals surface area contributed by atoms with Gasteiger partial charge in [-0.25, -0.2) is 13.4 Å². The van der Waals surface area contributed by atoms with Crippen LogP contribution in [0.1, 0.15) is 21.5 Å². The molecule has 2 N–H and O–H groups in total. The lowest BCUT2D eigenvalue weighted by Crippen LogP contribution is -2.25. The van der Waals surface area contributed by atoms with Crippen molar-refractivity contribution in [1.29, 1.82) is 0 Å². The zero-order chi connectivity index (χ0) is 23.5. The molecule has 0 spiro atoms. The first kappa shape index (κ1) is 23.8. The fourth-order valence-corrected chi connectivity index (χ4v) is 4.42. The Bertz CT molecular complexity index is 1260. The summed E-state index contributed by atoms with van der Waals surface area (Å²) < 4.78 is 28.1. The van der Waals surface area contributed by atoms with Crippen LogP contribution in [0.5, 0.6) is 0 Å². The van der Waals surface area contributed by atoms with Crippen LogP contribution in [0.2, 0.25) is 10.0 Å². The van der Waals surface area contributed by atoms with Crippen molar-refractivity contribution in [2.75, 3.05) is 23.7 Å². The molecular weight excluding hydrogens is 471 g/mol. The molecule has 0 fully saturated rings. The average molecular weight is 493 g/mol. The topological polar surface area (TPSA) is 91.4 Å². The van der Waals surface area contributed by atoms with E-state index in [1.165, 1.54) is 24.3 Å². The number of anilines is 2. The third-order valence-electron chi connectivity index (χ3n) is 4.65. The SMILES string of the molecule is Cc1ccc(NS(=O)(=O)c2ccc(Cl)c(C(=O)NCc3cccnc3N(C)C)c2)cc1Cl. The number of aryl methyl sites for hydroxylation is 1. The Hall–Kier alpha value is -2.81. The molecule has 0 radical (unpaired) electrons. The smallest absolute Gasteiger partial charge is 0.261 e. The van der Waals surface area contributed by atoms with E-state index in [-0.39, 0.29) is 22.0 Å². The molecule has 7 nitrogen and oxygen atoms in total. The number of aromatic nitrogens is 1. The summed E-state index contributed by atoms with van der Waals surface area (Å²) in [5.41, 5.74) is 2.00. The summed E-state index contributed by atoms with van der Waals surface area (Å²) in [7, 11) is -0.256. The maximum absolute atomic E-state index is 12.8. The van der Waals surface area contributed by atoms with Gasteiger partial charge in [-0.05, 0) is 48.9 Å². The van der Waals surface area contributed by atoms with E-state index in [0.717, 1.165) is 16.9 Å². The van der Waals surface area contributed by atoms with Crippen molar-refractivity contribution in [3.8, 4) is 0 Å².